The Balaban J connectivity index is 0.00000142. The molecule has 6 aromatic rings. The van der Waals surface area contributed by atoms with Gasteiger partial charge in [-0.3, -0.25) is 0 Å². The van der Waals surface area contributed by atoms with Gasteiger partial charge in [0, 0.05) is 33.2 Å². The van der Waals surface area contributed by atoms with Crippen LogP contribution in [0.1, 0.15) is 49.9 Å². The van der Waals surface area contributed by atoms with Crippen molar-refractivity contribution in [1.29, 1.82) is 5.26 Å². The van der Waals surface area contributed by atoms with Crippen molar-refractivity contribution < 1.29 is 0 Å². The fraction of sp³-hybridized carbons (Fsp3) is 0.162. The predicted octanol–water partition coefficient (Wildman–Crippen LogP) is 10.1. The smallest absolute Gasteiger partial charge is 0.0991 e. The molecule has 3 heteroatoms. The molecule has 0 N–H and O–H groups in total. The maximum atomic E-state index is 9.34. The van der Waals surface area contributed by atoms with Gasteiger partial charge in [0.25, 0.3) is 0 Å². The van der Waals surface area contributed by atoms with Crippen LogP contribution in [0.5, 0.6) is 0 Å². The zero-order valence-corrected chi connectivity index (χ0v) is 23.7. The Kier molecular flexibility index (Phi) is 6.20. The van der Waals surface area contributed by atoms with Gasteiger partial charge in [0.2, 0.25) is 0 Å². The quantitative estimate of drug-likeness (QED) is 0.233. The Hall–Kier alpha value is -4.81. The Bertz CT molecular complexity index is 1900. The summed E-state index contributed by atoms with van der Waals surface area (Å²) in [6.45, 7) is 10.8. The Morgan fingerprint density at radius 2 is 1.30 bits per heavy atom. The van der Waals surface area contributed by atoms with Gasteiger partial charge in [-0.1, -0.05) is 81.8 Å². The van der Waals surface area contributed by atoms with Gasteiger partial charge >= 0.3 is 0 Å². The first-order chi connectivity index (χ1) is 19.5. The number of hydrogen-bond acceptors (Lipinski definition) is 2. The second kappa shape index (κ2) is 9.74. The molecule has 3 nitrogen and oxygen atoms in total. The molecule has 0 aliphatic carbocycles. The van der Waals surface area contributed by atoms with E-state index in [9.17, 15) is 5.26 Å². The van der Waals surface area contributed by atoms with Crippen LogP contribution < -0.4 is 4.90 Å². The lowest BCUT2D eigenvalue weighted by atomic mass is 9.75. The molecule has 0 unspecified atom stereocenters. The molecule has 2 heterocycles. The highest BCUT2D eigenvalue weighted by Crippen LogP contribution is 2.48. The van der Waals surface area contributed by atoms with Crippen LogP contribution in [0.25, 0.3) is 27.5 Å². The van der Waals surface area contributed by atoms with Crippen LogP contribution in [0.4, 0.5) is 17.1 Å². The van der Waals surface area contributed by atoms with Crippen molar-refractivity contribution in [3.63, 3.8) is 0 Å². The largest absolute Gasteiger partial charge is 0.310 e. The van der Waals surface area contributed by atoms with Crippen LogP contribution in [-0.2, 0) is 5.41 Å². The van der Waals surface area contributed by atoms with E-state index in [0.717, 1.165) is 17.1 Å². The van der Waals surface area contributed by atoms with Gasteiger partial charge in [0.15, 0.2) is 0 Å². The molecule has 0 radical (unpaired) electrons. The standard InChI is InChI=1S/C35H27N3.C2H6/c1-23-11-15-25(16-12-23)37(26-17-13-24(22-36)14-18-26)27-19-20-32-29(21-27)28-7-6-9-31-34(28)38(32)33-10-5-4-8-30(33)35(31,2)3;1-2/h4-21H,1-3H3;1-2H3. The van der Waals surface area contributed by atoms with E-state index in [1.54, 1.807) is 0 Å². The van der Waals surface area contributed by atoms with Crippen LogP contribution in [0.2, 0.25) is 0 Å². The molecule has 0 bridgehead atoms. The van der Waals surface area contributed by atoms with E-state index in [1.807, 2.05) is 38.1 Å². The van der Waals surface area contributed by atoms with Crippen LogP contribution in [-0.4, -0.2) is 4.57 Å². The Labute approximate surface area is 236 Å². The summed E-state index contributed by atoms with van der Waals surface area (Å²) in [7, 11) is 0. The average molecular weight is 520 g/mol. The molecule has 0 saturated heterocycles. The van der Waals surface area contributed by atoms with Crippen LogP contribution in [0.15, 0.2) is 109 Å². The van der Waals surface area contributed by atoms with Crippen LogP contribution in [0.3, 0.4) is 0 Å². The van der Waals surface area contributed by atoms with Crippen molar-refractivity contribution in [2.45, 2.75) is 40.0 Å². The fourth-order valence-corrected chi connectivity index (χ4v) is 6.12. The number of aryl methyl sites for hydroxylation is 1. The molecule has 1 aliphatic heterocycles. The van der Waals surface area contributed by atoms with Crippen LogP contribution in [0, 0.1) is 18.3 Å². The topological polar surface area (TPSA) is 32.0 Å². The van der Waals surface area contributed by atoms with Crippen molar-refractivity contribution in [3.8, 4) is 11.8 Å². The molecule has 1 aliphatic rings. The minimum absolute atomic E-state index is 0.0836. The second-order valence-corrected chi connectivity index (χ2v) is 10.7. The molecular weight excluding hydrogens is 486 g/mol. The number of anilines is 3. The number of aromatic nitrogens is 1. The van der Waals surface area contributed by atoms with Gasteiger partial charge in [0.05, 0.1) is 28.4 Å². The van der Waals surface area contributed by atoms with Gasteiger partial charge in [-0.05, 0) is 78.7 Å². The molecule has 0 fully saturated rings. The Morgan fingerprint density at radius 1 is 0.675 bits per heavy atom. The van der Waals surface area contributed by atoms with E-state index in [2.05, 4.69) is 121 Å². The zero-order chi connectivity index (χ0) is 28.0. The molecular formula is C37H33N3. The summed E-state index contributed by atoms with van der Waals surface area (Å²) in [4.78, 5) is 2.27. The van der Waals surface area contributed by atoms with Crippen molar-refractivity contribution in [3.05, 3.63) is 131 Å². The minimum atomic E-state index is -0.0836. The summed E-state index contributed by atoms with van der Waals surface area (Å²) in [5.41, 5.74) is 11.4. The summed E-state index contributed by atoms with van der Waals surface area (Å²) in [5.74, 6) is 0. The second-order valence-electron chi connectivity index (χ2n) is 10.7. The normalized spacial score (nSPS) is 12.8. The highest BCUT2D eigenvalue weighted by Gasteiger charge is 2.34. The third-order valence-corrected chi connectivity index (χ3v) is 8.07. The predicted molar refractivity (Wildman–Crippen MR) is 168 cm³/mol. The van der Waals surface area contributed by atoms with Crippen LogP contribution >= 0.6 is 0 Å². The van der Waals surface area contributed by atoms with E-state index in [4.69, 9.17) is 0 Å². The average Bonchev–Trinajstić information content (AvgIpc) is 3.33. The number of nitriles is 1. The van der Waals surface area contributed by atoms with Crippen molar-refractivity contribution in [2.24, 2.45) is 0 Å². The van der Waals surface area contributed by atoms with E-state index in [1.165, 1.54) is 44.2 Å². The highest BCUT2D eigenvalue weighted by molar-refractivity contribution is 6.12. The summed E-state index contributed by atoms with van der Waals surface area (Å²) in [5, 5.41) is 11.8. The summed E-state index contributed by atoms with van der Waals surface area (Å²) >= 11 is 0. The number of fused-ring (bicyclic) bond motifs is 5. The molecule has 40 heavy (non-hydrogen) atoms. The molecule has 5 aromatic carbocycles. The molecule has 196 valence electrons. The molecule has 1 aromatic heterocycles. The summed E-state index contributed by atoms with van der Waals surface area (Å²) < 4.78 is 2.45. The number of nitrogens with zero attached hydrogens (tertiary/aromatic N) is 3. The molecule has 0 atom stereocenters. The zero-order valence-electron chi connectivity index (χ0n) is 23.7. The first-order valence-electron chi connectivity index (χ1n) is 14.0. The lowest BCUT2D eigenvalue weighted by molar-refractivity contribution is 0.630. The van der Waals surface area contributed by atoms with Gasteiger partial charge in [0.1, 0.15) is 0 Å². The van der Waals surface area contributed by atoms with Crippen molar-refractivity contribution in [2.75, 3.05) is 4.90 Å². The SMILES string of the molecule is CC.Cc1ccc(N(c2ccc(C#N)cc2)c2ccc3c(c2)c2cccc4c2n3-c2ccccc2C4(C)C)cc1. The highest BCUT2D eigenvalue weighted by atomic mass is 15.1. The number of para-hydroxylation sites is 2. The minimum Gasteiger partial charge on any atom is -0.310 e. The third kappa shape index (κ3) is 3.80. The van der Waals surface area contributed by atoms with Crippen molar-refractivity contribution >= 4 is 38.9 Å². The Morgan fingerprint density at radius 3 is 2.00 bits per heavy atom. The van der Waals surface area contributed by atoms with E-state index < -0.39 is 0 Å². The summed E-state index contributed by atoms with van der Waals surface area (Å²) in [6, 6.07) is 41.0. The summed E-state index contributed by atoms with van der Waals surface area (Å²) in [6.07, 6.45) is 0. The molecule has 0 saturated carbocycles. The maximum absolute atomic E-state index is 9.34. The molecule has 0 spiro atoms. The lowest BCUT2D eigenvalue weighted by Crippen LogP contribution is -2.26. The maximum Gasteiger partial charge on any atom is 0.0991 e. The molecule has 0 amide bonds. The molecule has 7 rings (SSSR count). The number of hydrogen-bond donors (Lipinski definition) is 0. The fourth-order valence-electron chi connectivity index (χ4n) is 6.12. The van der Waals surface area contributed by atoms with Gasteiger partial charge < -0.3 is 9.47 Å². The van der Waals surface area contributed by atoms with Gasteiger partial charge in [-0.25, -0.2) is 0 Å². The number of benzene rings is 5. The van der Waals surface area contributed by atoms with E-state index in [-0.39, 0.29) is 5.41 Å². The van der Waals surface area contributed by atoms with E-state index >= 15 is 0 Å². The third-order valence-electron chi connectivity index (χ3n) is 8.07. The number of rotatable bonds is 3. The van der Waals surface area contributed by atoms with Gasteiger partial charge in [-0.2, -0.15) is 5.26 Å². The van der Waals surface area contributed by atoms with Crippen molar-refractivity contribution in [1.82, 2.24) is 4.57 Å². The van der Waals surface area contributed by atoms with E-state index in [0.29, 0.717) is 5.56 Å². The first kappa shape index (κ1) is 25.5. The lowest BCUT2D eigenvalue weighted by Gasteiger charge is -2.34. The first-order valence-corrected chi connectivity index (χ1v) is 14.0. The van der Waals surface area contributed by atoms with Gasteiger partial charge in [-0.15, -0.1) is 0 Å². The monoisotopic (exact) mass is 519 g/mol.